The van der Waals surface area contributed by atoms with Crippen molar-refractivity contribution in [2.75, 3.05) is 26.9 Å². The summed E-state index contributed by atoms with van der Waals surface area (Å²) in [6.07, 6.45) is 2.84. The van der Waals surface area contributed by atoms with Gasteiger partial charge in [-0.3, -0.25) is 4.79 Å². The van der Waals surface area contributed by atoms with E-state index in [0.717, 1.165) is 24.5 Å². The highest BCUT2D eigenvalue weighted by Crippen LogP contribution is 2.41. The van der Waals surface area contributed by atoms with Gasteiger partial charge in [-0.15, -0.1) is 0 Å². The first kappa shape index (κ1) is 15.3. The average molecular weight is 304 g/mol. The van der Waals surface area contributed by atoms with E-state index in [1.165, 1.54) is 12.8 Å². The summed E-state index contributed by atoms with van der Waals surface area (Å²) in [5, 5.41) is 6.53. The molecule has 0 bridgehead atoms. The minimum atomic E-state index is 0.0933. The topological polar surface area (TPSA) is 59.6 Å². The Balaban J connectivity index is 1.59. The van der Waals surface area contributed by atoms with E-state index in [0.29, 0.717) is 18.9 Å². The maximum atomic E-state index is 12.3. The van der Waals surface area contributed by atoms with Crippen LogP contribution < -0.4 is 15.4 Å². The number of ether oxygens (including phenoxy) is 2. The van der Waals surface area contributed by atoms with E-state index in [2.05, 4.69) is 10.6 Å². The monoisotopic (exact) mass is 304 g/mol. The summed E-state index contributed by atoms with van der Waals surface area (Å²) >= 11 is 0. The zero-order valence-electron chi connectivity index (χ0n) is 13.0. The maximum absolute atomic E-state index is 12.3. The van der Waals surface area contributed by atoms with Crippen molar-refractivity contribution in [2.45, 2.75) is 31.3 Å². The minimum absolute atomic E-state index is 0.0933. The molecule has 0 spiro atoms. The van der Waals surface area contributed by atoms with Crippen LogP contribution in [0.5, 0.6) is 5.75 Å². The molecule has 5 heteroatoms. The van der Waals surface area contributed by atoms with Crippen LogP contribution in [-0.2, 0) is 9.53 Å². The van der Waals surface area contributed by atoms with Crippen LogP contribution in [0.3, 0.4) is 0 Å². The first-order valence-corrected chi connectivity index (χ1v) is 8.00. The number of morpholine rings is 1. The Kier molecular flexibility index (Phi) is 4.95. The molecular formula is C17H24N2O3. The largest absolute Gasteiger partial charge is 0.497 e. The first-order valence-electron chi connectivity index (χ1n) is 8.00. The Morgan fingerprint density at radius 2 is 2.18 bits per heavy atom. The van der Waals surface area contributed by atoms with Gasteiger partial charge in [0.15, 0.2) is 0 Å². The molecule has 0 radical (unpaired) electrons. The smallest absolute Gasteiger partial charge is 0.222 e. The van der Waals surface area contributed by atoms with Crippen molar-refractivity contribution in [3.05, 3.63) is 29.8 Å². The van der Waals surface area contributed by atoms with Gasteiger partial charge in [-0.2, -0.15) is 0 Å². The van der Waals surface area contributed by atoms with Crippen molar-refractivity contribution in [3.8, 4) is 5.75 Å². The number of hydrogen-bond donors (Lipinski definition) is 2. The molecule has 1 amide bonds. The molecule has 1 aromatic rings. The fourth-order valence-electron chi connectivity index (χ4n) is 2.92. The molecule has 3 rings (SSSR count). The summed E-state index contributed by atoms with van der Waals surface area (Å²) in [4.78, 5) is 12.3. The maximum Gasteiger partial charge on any atom is 0.222 e. The molecule has 2 atom stereocenters. The van der Waals surface area contributed by atoms with Crippen LogP contribution in [0.25, 0.3) is 0 Å². The van der Waals surface area contributed by atoms with E-state index in [1.54, 1.807) is 7.11 Å². The van der Waals surface area contributed by atoms with Gasteiger partial charge in [0.05, 0.1) is 26.4 Å². The van der Waals surface area contributed by atoms with Gasteiger partial charge in [-0.05, 0) is 36.5 Å². The molecule has 2 fully saturated rings. The lowest BCUT2D eigenvalue weighted by Gasteiger charge is -2.25. The standard InChI is InChI=1S/C17H24N2O3/c1-21-15-6-4-13(5-7-15)17(12-2-3-12)19-16(20)10-14-11-22-9-8-18-14/h4-7,12,14,17-18H,2-3,8-11H2,1H3,(H,19,20). The van der Waals surface area contributed by atoms with Crippen LogP contribution in [0.4, 0.5) is 0 Å². The molecule has 1 saturated heterocycles. The Morgan fingerprint density at radius 3 is 2.77 bits per heavy atom. The highest BCUT2D eigenvalue weighted by molar-refractivity contribution is 5.77. The van der Waals surface area contributed by atoms with E-state index in [-0.39, 0.29) is 18.0 Å². The van der Waals surface area contributed by atoms with Gasteiger partial charge < -0.3 is 20.1 Å². The molecule has 2 N–H and O–H groups in total. The summed E-state index contributed by atoms with van der Waals surface area (Å²) in [7, 11) is 1.66. The predicted octanol–water partition coefficient (Wildman–Crippen LogP) is 1.64. The number of rotatable bonds is 6. The van der Waals surface area contributed by atoms with Crippen molar-refractivity contribution in [3.63, 3.8) is 0 Å². The van der Waals surface area contributed by atoms with Gasteiger partial charge >= 0.3 is 0 Å². The number of benzene rings is 1. The summed E-state index contributed by atoms with van der Waals surface area (Å²) in [5.41, 5.74) is 1.16. The molecule has 5 nitrogen and oxygen atoms in total. The van der Waals surface area contributed by atoms with Gasteiger partial charge in [0.2, 0.25) is 5.91 Å². The third-order valence-corrected chi connectivity index (χ3v) is 4.32. The van der Waals surface area contributed by atoms with Gasteiger partial charge in [-0.25, -0.2) is 0 Å². The second kappa shape index (κ2) is 7.11. The van der Waals surface area contributed by atoms with Gasteiger partial charge in [0.1, 0.15) is 5.75 Å². The average Bonchev–Trinajstić information content (AvgIpc) is 3.38. The number of carbonyl (C=O) groups is 1. The van der Waals surface area contributed by atoms with Crippen molar-refractivity contribution in [1.29, 1.82) is 0 Å². The Labute approximate surface area is 131 Å². The predicted molar refractivity (Wildman–Crippen MR) is 83.8 cm³/mol. The quantitative estimate of drug-likeness (QED) is 0.839. The summed E-state index contributed by atoms with van der Waals surface area (Å²) in [6.45, 7) is 2.17. The van der Waals surface area contributed by atoms with Gasteiger partial charge in [-0.1, -0.05) is 12.1 Å². The second-order valence-corrected chi connectivity index (χ2v) is 6.09. The Hall–Kier alpha value is -1.59. The molecule has 1 aliphatic heterocycles. The van der Waals surface area contributed by atoms with Crippen LogP contribution in [0.15, 0.2) is 24.3 Å². The number of amides is 1. The van der Waals surface area contributed by atoms with Crippen LogP contribution in [0.2, 0.25) is 0 Å². The summed E-state index contributed by atoms with van der Waals surface area (Å²) in [6, 6.07) is 8.24. The first-order chi connectivity index (χ1) is 10.8. The zero-order chi connectivity index (χ0) is 15.4. The fraction of sp³-hybridized carbons (Fsp3) is 0.588. The van der Waals surface area contributed by atoms with Crippen LogP contribution in [-0.4, -0.2) is 38.8 Å². The van der Waals surface area contributed by atoms with Crippen molar-refractivity contribution >= 4 is 5.91 Å². The molecular weight excluding hydrogens is 280 g/mol. The van der Waals surface area contributed by atoms with E-state index in [1.807, 2.05) is 24.3 Å². The molecule has 0 aromatic heterocycles. The number of carbonyl (C=O) groups excluding carboxylic acids is 1. The normalized spacial score (nSPS) is 22.9. The molecule has 1 aromatic carbocycles. The highest BCUT2D eigenvalue weighted by Gasteiger charge is 2.33. The Bertz CT molecular complexity index is 493. The molecule has 1 aliphatic carbocycles. The zero-order valence-corrected chi connectivity index (χ0v) is 13.0. The van der Waals surface area contributed by atoms with Crippen molar-refractivity contribution < 1.29 is 14.3 Å². The number of methoxy groups -OCH3 is 1. The van der Waals surface area contributed by atoms with Crippen LogP contribution >= 0.6 is 0 Å². The Morgan fingerprint density at radius 1 is 1.41 bits per heavy atom. The molecule has 1 heterocycles. The minimum Gasteiger partial charge on any atom is -0.497 e. The number of nitrogens with one attached hydrogen (secondary N) is 2. The molecule has 1 saturated carbocycles. The van der Waals surface area contributed by atoms with Crippen molar-refractivity contribution in [1.82, 2.24) is 10.6 Å². The van der Waals surface area contributed by atoms with Gasteiger partial charge in [0.25, 0.3) is 0 Å². The van der Waals surface area contributed by atoms with E-state index < -0.39 is 0 Å². The third kappa shape index (κ3) is 3.99. The lowest BCUT2D eigenvalue weighted by atomic mass is 10.0. The van der Waals surface area contributed by atoms with Gasteiger partial charge in [0, 0.05) is 19.0 Å². The highest BCUT2D eigenvalue weighted by atomic mass is 16.5. The summed E-state index contributed by atoms with van der Waals surface area (Å²) in [5.74, 6) is 1.50. The van der Waals surface area contributed by atoms with Crippen molar-refractivity contribution in [2.24, 2.45) is 5.92 Å². The fourth-order valence-corrected chi connectivity index (χ4v) is 2.92. The third-order valence-electron chi connectivity index (χ3n) is 4.32. The number of hydrogen-bond acceptors (Lipinski definition) is 4. The van der Waals surface area contributed by atoms with E-state index in [4.69, 9.17) is 9.47 Å². The second-order valence-electron chi connectivity index (χ2n) is 6.09. The molecule has 2 unspecified atom stereocenters. The van der Waals surface area contributed by atoms with Crippen LogP contribution in [0, 0.1) is 5.92 Å². The lowest BCUT2D eigenvalue weighted by Crippen LogP contribution is -2.44. The molecule has 2 aliphatic rings. The molecule has 22 heavy (non-hydrogen) atoms. The summed E-state index contributed by atoms with van der Waals surface area (Å²) < 4.78 is 10.6. The van der Waals surface area contributed by atoms with Crippen LogP contribution in [0.1, 0.15) is 30.9 Å². The van der Waals surface area contributed by atoms with E-state index >= 15 is 0 Å². The lowest BCUT2D eigenvalue weighted by molar-refractivity contribution is -0.123. The molecule has 120 valence electrons. The van der Waals surface area contributed by atoms with E-state index in [9.17, 15) is 4.79 Å². The SMILES string of the molecule is COc1ccc(C(NC(=O)CC2COCCN2)C2CC2)cc1.